The van der Waals surface area contributed by atoms with E-state index in [1.807, 2.05) is 24.3 Å². The molecule has 7 heteroatoms. The number of nitrogens with one attached hydrogen (secondary N) is 1. The fourth-order valence-corrected chi connectivity index (χ4v) is 3.74. The van der Waals surface area contributed by atoms with Crippen molar-refractivity contribution in [2.45, 2.75) is 25.0 Å². The van der Waals surface area contributed by atoms with Gasteiger partial charge in [-0.05, 0) is 66.6 Å². The first-order valence-electron chi connectivity index (χ1n) is 11.3. The summed E-state index contributed by atoms with van der Waals surface area (Å²) < 4.78 is 16.2. The fourth-order valence-electron chi connectivity index (χ4n) is 3.74. The second kappa shape index (κ2) is 12.8. The van der Waals surface area contributed by atoms with Gasteiger partial charge in [0.15, 0.2) is 0 Å². The largest absolute Gasteiger partial charge is 0.508 e. The summed E-state index contributed by atoms with van der Waals surface area (Å²) in [7, 11) is 3.31. The smallest absolute Gasteiger partial charge is 0.121 e. The van der Waals surface area contributed by atoms with E-state index in [4.69, 9.17) is 14.2 Å². The molecule has 1 atom stereocenters. The number of hydrogen-bond donors (Lipinski definition) is 4. The van der Waals surface area contributed by atoms with Gasteiger partial charge in [0.2, 0.25) is 0 Å². The maximum Gasteiger partial charge on any atom is 0.121 e. The maximum absolute atomic E-state index is 10.3. The summed E-state index contributed by atoms with van der Waals surface area (Å²) in [6, 6.07) is 20.8. The van der Waals surface area contributed by atoms with Crippen LogP contribution in [0.5, 0.6) is 23.0 Å². The summed E-state index contributed by atoms with van der Waals surface area (Å²) >= 11 is 0. The van der Waals surface area contributed by atoms with Crippen molar-refractivity contribution in [1.82, 2.24) is 5.32 Å². The number of ether oxygens (including phenoxy) is 3. The number of methoxy groups -OCH3 is 2. The van der Waals surface area contributed by atoms with Gasteiger partial charge in [-0.15, -0.1) is 0 Å². The third-order valence-corrected chi connectivity index (χ3v) is 5.69. The number of hydrogen-bond acceptors (Lipinski definition) is 7. The standard InChI is InChI=1S/C27H33NO6/c1-32-23-7-3-19(4-8-23)26(20-5-9-24(33-2)10-6-20)13-14-28-16-22(30)18-34-25-11-12-27(31)21(15-25)17-29/h3-12,15,22,26,28-31H,13-14,16-18H2,1-2H3. The van der Waals surface area contributed by atoms with E-state index in [1.165, 1.54) is 17.2 Å². The molecule has 0 aliphatic rings. The Kier molecular flexibility index (Phi) is 9.58. The molecule has 0 saturated carbocycles. The number of aliphatic hydroxyl groups excluding tert-OH is 2. The molecule has 0 aliphatic carbocycles. The van der Waals surface area contributed by atoms with E-state index in [9.17, 15) is 15.3 Å². The monoisotopic (exact) mass is 467 g/mol. The van der Waals surface area contributed by atoms with Gasteiger partial charge in [-0.1, -0.05) is 24.3 Å². The van der Waals surface area contributed by atoms with Crippen LogP contribution in [0, 0.1) is 0 Å². The SMILES string of the molecule is COc1ccc(C(CCNCC(O)COc2ccc(O)c(CO)c2)c2ccc(OC)cc2)cc1. The molecule has 34 heavy (non-hydrogen) atoms. The van der Waals surface area contributed by atoms with Gasteiger partial charge in [0.05, 0.1) is 20.8 Å². The van der Waals surface area contributed by atoms with E-state index in [-0.39, 0.29) is 24.9 Å². The molecule has 3 rings (SSSR count). The summed E-state index contributed by atoms with van der Waals surface area (Å²) in [6.07, 6.45) is 0.135. The Labute approximate surface area is 200 Å². The van der Waals surface area contributed by atoms with Crippen molar-refractivity contribution in [3.05, 3.63) is 83.4 Å². The average Bonchev–Trinajstić information content (AvgIpc) is 2.88. The first kappa shape index (κ1) is 25.4. The molecule has 0 aliphatic heterocycles. The normalized spacial score (nSPS) is 11.9. The lowest BCUT2D eigenvalue weighted by Gasteiger charge is -2.20. The van der Waals surface area contributed by atoms with Gasteiger partial charge in [-0.25, -0.2) is 0 Å². The second-order valence-electron chi connectivity index (χ2n) is 8.01. The van der Waals surface area contributed by atoms with E-state index in [0.717, 1.165) is 17.9 Å². The van der Waals surface area contributed by atoms with Crippen molar-refractivity contribution in [2.24, 2.45) is 0 Å². The molecule has 0 radical (unpaired) electrons. The Hall–Kier alpha value is -3.26. The number of phenols is 1. The molecule has 3 aromatic rings. The molecule has 182 valence electrons. The van der Waals surface area contributed by atoms with E-state index < -0.39 is 6.10 Å². The van der Waals surface area contributed by atoms with Crippen LogP contribution >= 0.6 is 0 Å². The third kappa shape index (κ3) is 7.12. The van der Waals surface area contributed by atoms with Gasteiger partial charge in [-0.3, -0.25) is 0 Å². The molecule has 7 nitrogen and oxygen atoms in total. The highest BCUT2D eigenvalue weighted by molar-refractivity contribution is 5.39. The van der Waals surface area contributed by atoms with Gasteiger partial charge >= 0.3 is 0 Å². The Balaban J connectivity index is 1.53. The molecule has 0 spiro atoms. The lowest BCUT2D eigenvalue weighted by atomic mass is 9.88. The highest BCUT2D eigenvalue weighted by atomic mass is 16.5. The molecular formula is C27H33NO6. The van der Waals surface area contributed by atoms with Crippen molar-refractivity contribution >= 4 is 0 Å². The zero-order valence-corrected chi connectivity index (χ0v) is 19.6. The Morgan fingerprint density at radius 2 is 1.38 bits per heavy atom. The van der Waals surface area contributed by atoms with Crippen LogP contribution in [-0.4, -0.2) is 55.3 Å². The van der Waals surface area contributed by atoms with Crippen LogP contribution < -0.4 is 19.5 Å². The minimum absolute atomic E-state index is 0.0142. The first-order valence-corrected chi connectivity index (χ1v) is 11.3. The van der Waals surface area contributed by atoms with Crippen LogP contribution in [0.15, 0.2) is 66.7 Å². The van der Waals surface area contributed by atoms with Crippen LogP contribution in [0.3, 0.4) is 0 Å². The van der Waals surface area contributed by atoms with E-state index in [0.29, 0.717) is 24.4 Å². The van der Waals surface area contributed by atoms with Crippen LogP contribution in [0.2, 0.25) is 0 Å². The van der Waals surface area contributed by atoms with Crippen molar-refractivity contribution in [3.8, 4) is 23.0 Å². The van der Waals surface area contributed by atoms with Gasteiger partial charge in [0, 0.05) is 18.0 Å². The topological polar surface area (TPSA) is 100 Å². The predicted octanol–water partition coefficient (Wildman–Crippen LogP) is 3.45. The van der Waals surface area contributed by atoms with Crippen molar-refractivity contribution in [2.75, 3.05) is 33.9 Å². The zero-order chi connectivity index (χ0) is 24.3. The molecule has 0 bridgehead atoms. The highest BCUT2D eigenvalue weighted by Gasteiger charge is 2.15. The molecular weight excluding hydrogens is 434 g/mol. The number of rotatable bonds is 13. The molecule has 0 saturated heterocycles. The van der Waals surface area contributed by atoms with Gasteiger partial charge in [0.25, 0.3) is 0 Å². The van der Waals surface area contributed by atoms with Crippen LogP contribution in [-0.2, 0) is 6.61 Å². The zero-order valence-electron chi connectivity index (χ0n) is 19.6. The van der Waals surface area contributed by atoms with Crippen molar-refractivity contribution < 1.29 is 29.5 Å². The Bertz CT molecular complexity index is 959. The minimum Gasteiger partial charge on any atom is -0.508 e. The quantitative estimate of drug-likeness (QED) is 0.286. The molecule has 0 heterocycles. The fraction of sp³-hybridized carbons (Fsp3) is 0.333. The summed E-state index contributed by atoms with van der Waals surface area (Å²) in [5.41, 5.74) is 2.75. The van der Waals surface area contributed by atoms with Crippen LogP contribution in [0.4, 0.5) is 0 Å². The maximum atomic E-state index is 10.3. The van der Waals surface area contributed by atoms with Crippen molar-refractivity contribution in [3.63, 3.8) is 0 Å². The minimum atomic E-state index is -0.702. The van der Waals surface area contributed by atoms with Crippen molar-refractivity contribution in [1.29, 1.82) is 0 Å². The predicted molar refractivity (Wildman–Crippen MR) is 131 cm³/mol. The number of aromatic hydroxyl groups is 1. The lowest BCUT2D eigenvalue weighted by Crippen LogP contribution is -2.32. The number of benzene rings is 3. The van der Waals surface area contributed by atoms with E-state index in [2.05, 4.69) is 29.6 Å². The lowest BCUT2D eigenvalue weighted by molar-refractivity contribution is 0.106. The van der Waals surface area contributed by atoms with Gasteiger partial charge < -0.3 is 34.8 Å². The molecule has 0 amide bonds. The van der Waals surface area contributed by atoms with Gasteiger partial charge in [0.1, 0.15) is 35.7 Å². The molecule has 0 fully saturated rings. The van der Waals surface area contributed by atoms with Crippen LogP contribution in [0.1, 0.15) is 29.0 Å². The highest BCUT2D eigenvalue weighted by Crippen LogP contribution is 2.30. The summed E-state index contributed by atoms with van der Waals surface area (Å²) in [5.74, 6) is 2.31. The Morgan fingerprint density at radius 1 is 0.824 bits per heavy atom. The molecule has 1 unspecified atom stereocenters. The summed E-state index contributed by atoms with van der Waals surface area (Å²) in [6.45, 7) is 0.899. The molecule has 3 aromatic carbocycles. The van der Waals surface area contributed by atoms with E-state index >= 15 is 0 Å². The third-order valence-electron chi connectivity index (χ3n) is 5.69. The number of aliphatic hydroxyl groups is 2. The first-order chi connectivity index (χ1) is 16.5. The summed E-state index contributed by atoms with van der Waals surface area (Å²) in [5, 5.41) is 32.5. The second-order valence-corrected chi connectivity index (χ2v) is 8.01. The Morgan fingerprint density at radius 3 is 1.91 bits per heavy atom. The average molecular weight is 468 g/mol. The summed E-state index contributed by atoms with van der Waals surface area (Å²) in [4.78, 5) is 0. The molecule has 4 N–H and O–H groups in total. The van der Waals surface area contributed by atoms with Crippen LogP contribution in [0.25, 0.3) is 0 Å². The molecule has 0 aromatic heterocycles. The van der Waals surface area contributed by atoms with E-state index in [1.54, 1.807) is 26.4 Å². The van der Waals surface area contributed by atoms with Gasteiger partial charge in [-0.2, -0.15) is 0 Å².